The summed E-state index contributed by atoms with van der Waals surface area (Å²) in [6.07, 6.45) is 1.98. The second-order valence-corrected chi connectivity index (χ2v) is 5.28. The maximum Gasteiger partial charge on any atom is 0.118 e. The molecule has 0 fully saturated rings. The SMILES string of the molecule is COc1ccc(Cn2cc(CNCC(C)C)nn2)cc1. The van der Waals surface area contributed by atoms with Gasteiger partial charge in [0.15, 0.2) is 0 Å². The summed E-state index contributed by atoms with van der Waals surface area (Å²) in [5.41, 5.74) is 2.15. The molecule has 1 aromatic carbocycles. The Hall–Kier alpha value is -1.88. The van der Waals surface area contributed by atoms with Crippen LogP contribution in [-0.4, -0.2) is 28.6 Å². The molecule has 0 saturated carbocycles. The Kier molecular flexibility index (Phi) is 5.12. The molecule has 2 rings (SSSR count). The summed E-state index contributed by atoms with van der Waals surface area (Å²) in [4.78, 5) is 0. The largest absolute Gasteiger partial charge is 0.497 e. The zero-order valence-electron chi connectivity index (χ0n) is 12.3. The van der Waals surface area contributed by atoms with Crippen molar-refractivity contribution in [1.29, 1.82) is 0 Å². The van der Waals surface area contributed by atoms with Crippen molar-refractivity contribution in [2.45, 2.75) is 26.9 Å². The first-order valence-corrected chi connectivity index (χ1v) is 6.90. The molecule has 0 unspecified atom stereocenters. The second-order valence-electron chi connectivity index (χ2n) is 5.28. The number of aromatic nitrogens is 3. The van der Waals surface area contributed by atoms with Crippen molar-refractivity contribution in [3.63, 3.8) is 0 Å². The van der Waals surface area contributed by atoms with Gasteiger partial charge in [-0.25, -0.2) is 4.68 Å². The molecule has 20 heavy (non-hydrogen) atoms. The van der Waals surface area contributed by atoms with Crippen LogP contribution in [0.15, 0.2) is 30.5 Å². The van der Waals surface area contributed by atoms with Crippen molar-refractivity contribution in [3.05, 3.63) is 41.7 Å². The Labute approximate surface area is 120 Å². The zero-order valence-corrected chi connectivity index (χ0v) is 12.3. The lowest BCUT2D eigenvalue weighted by Crippen LogP contribution is -2.19. The molecular weight excluding hydrogens is 252 g/mol. The summed E-state index contributed by atoms with van der Waals surface area (Å²) in [5.74, 6) is 1.51. The summed E-state index contributed by atoms with van der Waals surface area (Å²) < 4.78 is 7.00. The van der Waals surface area contributed by atoms with Crippen LogP contribution >= 0.6 is 0 Å². The predicted octanol–water partition coefficient (Wildman–Crippen LogP) is 2.08. The number of methoxy groups -OCH3 is 1. The molecule has 0 aliphatic carbocycles. The first-order valence-electron chi connectivity index (χ1n) is 6.90. The predicted molar refractivity (Wildman–Crippen MR) is 78.7 cm³/mol. The fourth-order valence-electron chi connectivity index (χ4n) is 1.90. The Morgan fingerprint density at radius 1 is 1.25 bits per heavy atom. The van der Waals surface area contributed by atoms with E-state index in [0.717, 1.165) is 31.1 Å². The fraction of sp³-hybridized carbons (Fsp3) is 0.467. The minimum absolute atomic E-state index is 0.643. The van der Waals surface area contributed by atoms with Gasteiger partial charge < -0.3 is 10.1 Å². The molecule has 5 nitrogen and oxygen atoms in total. The Bertz CT molecular complexity index is 519. The highest BCUT2D eigenvalue weighted by atomic mass is 16.5. The topological polar surface area (TPSA) is 52.0 Å². The molecule has 0 atom stereocenters. The molecule has 0 bridgehead atoms. The standard InChI is InChI=1S/C15H22N4O/c1-12(2)8-16-9-14-11-19(18-17-14)10-13-4-6-15(20-3)7-5-13/h4-7,11-12,16H,8-10H2,1-3H3. The van der Waals surface area contributed by atoms with E-state index in [9.17, 15) is 0 Å². The fourth-order valence-corrected chi connectivity index (χ4v) is 1.90. The first-order chi connectivity index (χ1) is 9.67. The molecule has 1 aromatic heterocycles. The van der Waals surface area contributed by atoms with E-state index in [4.69, 9.17) is 4.74 Å². The molecule has 2 aromatic rings. The highest BCUT2D eigenvalue weighted by molar-refractivity contribution is 5.27. The maximum atomic E-state index is 5.14. The number of nitrogens with zero attached hydrogens (tertiary/aromatic N) is 3. The van der Waals surface area contributed by atoms with Crippen LogP contribution in [0.4, 0.5) is 0 Å². The summed E-state index contributed by atoms with van der Waals surface area (Å²) in [6, 6.07) is 7.99. The number of rotatable bonds is 7. The van der Waals surface area contributed by atoms with Gasteiger partial charge in [0.1, 0.15) is 5.75 Å². The van der Waals surface area contributed by atoms with Gasteiger partial charge in [0, 0.05) is 6.54 Å². The molecule has 0 spiro atoms. The van der Waals surface area contributed by atoms with Gasteiger partial charge in [-0.1, -0.05) is 31.2 Å². The second kappa shape index (κ2) is 7.05. The maximum absolute atomic E-state index is 5.14. The molecule has 5 heteroatoms. The van der Waals surface area contributed by atoms with E-state index in [1.54, 1.807) is 7.11 Å². The molecule has 1 heterocycles. The Morgan fingerprint density at radius 2 is 2.00 bits per heavy atom. The first kappa shape index (κ1) is 14.5. The van der Waals surface area contributed by atoms with E-state index >= 15 is 0 Å². The Morgan fingerprint density at radius 3 is 2.65 bits per heavy atom. The molecule has 0 saturated heterocycles. The lowest BCUT2D eigenvalue weighted by molar-refractivity contribution is 0.414. The van der Waals surface area contributed by atoms with Gasteiger partial charge in [-0.2, -0.15) is 0 Å². The van der Waals surface area contributed by atoms with Gasteiger partial charge in [-0.3, -0.25) is 0 Å². The minimum atomic E-state index is 0.643. The Balaban J connectivity index is 1.88. The molecule has 0 amide bonds. The zero-order chi connectivity index (χ0) is 14.4. The quantitative estimate of drug-likeness (QED) is 0.840. The monoisotopic (exact) mass is 274 g/mol. The van der Waals surface area contributed by atoms with Gasteiger partial charge in [0.25, 0.3) is 0 Å². The van der Waals surface area contributed by atoms with Crippen LogP contribution in [0.2, 0.25) is 0 Å². The summed E-state index contributed by atoms with van der Waals surface area (Å²) in [6.45, 7) is 6.86. The van der Waals surface area contributed by atoms with Gasteiger partial charge in [-0.15, -0.1) is 5.10 Å². The summed E-state index contributed by atoms with van der Waals surface area (Å²) in [5, 5.41) is 11.7. The summed E-state index contributed by atoms with van der Waals surface area (Å²) >= 11 is 0. The van der Waals surface area contributed by atoms with Crippen LogP contribution in [0.5, 0.6) is 5.75 Å². The molecular formula is C15H22N4O. The van der Waals surface area contributed by atoms with Gasteiger partial charge in [0.05, 0.1) is 25.5 Å². The van der Waals surface area contributed by atoms with Crippen LogP contribution in [0.3, 0.4) is 0 Å². The van der Waals surface area contributed by atoms with E-state index in [0.29, 0.717) is 5.92 Å². The van der Waals surface area contributed by atoms with Crippen molar-refractivity contribution in [1.82, 2.24) is 20.3 Å². The molecule has 0 aliphatic heterocycles. The molecule has 0 radical (unpaired) electrons. The highest BCUT2D eigenvalue weighted by Gasteiger charge is 2.02. The van der Waals surface area contributed by atoms with Crippen LogP contribution in [0.1, 0.15) is 25.1 Å². The lowest BCUT2D eigenvalue weighted by atomic mass is 10.2. The number of hydrogen-bond acceptors (Lipinski definition) is 4. The normalized spacial score (nSPS) is 11.0. The van der Waals surface area contributed by atoms with Gasteiger partial charge in [-0.05, 0) is 30.2 Å². The van der Waals surface area contributed by atoms with E-state index in [1.165, 1.54) is 5.56 Å². The molecule has 0 aliphatic rings. The third-order valence-corrected chi connectivity index (χ3v) is 2.95. The van der Waals surface area contributed by atoms with Crippen LogP contribution in [-0.2, 0) is 13.1 Å². The van der Waals surface area contributed by atoms with E-state index in [1.807, 2.05) is 35.1 Å². The smallest absolute Gasteiger partial charge is 0.118 e. The van der Waals surface area contributed by atoms with Crippen molar-refractivity contribution < 1.29 is 4.74 Å². The van der Waals surface area contributed by atoms with Crippen molar-refractivity contribution >= 4 is 0 Å². The van der Waals surface area contributed by atoms with Gasteiger partial charge >= 0.3 is 0 Å². The van der Waals surface area contributed by atoms with Gasteiger partial charge in [0.2, 0.25) is 0 Å². The van der Waals surface area contributed by atoms with E-state index in [-0.39, 0.29) is 0 Å². The van der Waals surface area contributed by atoms with Crippen molar-refractivity contribution in [2.75, 3.05) is 13.7 Å². The van der Waals surface area contributed by atoms with E-state index < -0.39 is 0 Å². The molecule has 108 valence electrons. The van der Waals surface area contributed by atoms with Crippen LogP contribution in [0, 0.1) is 5.92 Å². The average Bonchev–Trinajstić information content (AvgIpc) is 2.87. The number of nitrogens with one attached hydrogen (secondary N) is 1. The third kappa shape index (κ3) is 4.35. The lowest BCUT2D eigenvalue weighted by Gasteiger charge is -2.04. The average molecular weight is 274 g/mol. The van der Waals surface area contributed by atoms with Crippen LogP contribution < -0.4 is 10.1 Å². The third-order valence-electron chi connectivity index (χ3n) is 2.95. The highest BCUT2D eigenvalue weighted by Crippen LogP contribution is 2.12. The summed E-state index contributed by atoms with van der Waals surface area (Å²) in [7, 11) is 1.67. The minimum Gasteiger partial charge on any atom is -0.497 e. The van der Waals surface area contributed by atoms with Crippen molar-refractivity contribution in [3.8, 4) is 5.75 Å². The molecule has 1 N–H and O–H groups in total. The van der Waals surface area contributed by atoms with E-state index in [2.05, 4.69) is 29.5 Å². The van der Waals surface area contributed by atoms with Crippen molar-refractivity contribution in [2.24, 2.45) is 5.92 Å². The number of hydrogen-bond donors (Lipinski definition) is 1. The number of ether oxygens (including phenoxy) is 1. The number of benzene rings is 1. The van der Waals surface area contributed by atoms with Crippen LogP contribution in [0.25, 0.3) is 0 Å².